The highest BCUT2D eigenvalue weighted by molar-refractivity contribution is 7.86. The Morgan fingerprint density at radius 2 is 1.80 bits per heavy atom. The molecule has 2 aliphatic heterocycles. The summed E-state index contributed by atoms with van der Waals surface area (Å²) in [5.74, 6) is 0.174. The zero-order valence-corrected chi connectivity index (χ0v) is 12.5. The highest BCUT2D eigenvalue weighted by Gasteiger charge is 2.44. The Morgan fingerprint density at radius 3 is 2.45 bits per heavy atom. The van der Waals surface area contributed by atoms with E-state index in [0.29, 0.717) is 39.3 Å². The van der Waals surface area contributed by atoms with Crippen molar-refractivity contribution >= 4 is 16.0 Å². The molecule has 0 aromatic heterocycles. The molecule has 0 spiro atoms. The van der Waals surface area contributed by atoms with Gasteiger partial charge in [-0.25, -0.2) is 0 Å². The SMILES string of the molecule is O=C1CCCC1C1CCCN1S(=O)(=O)N1CCOCC1. The Hall–Kier alpha value is -0.500. The van der Waals surface area contributed by atoms with E-state index in [-0.39, 0.29) is 17.7 Å². The van der Waals surface area contributed by atoms with Crippen molar-refractivity contribution in [1.29, 1.82) is 0 Å². The summed E-state index contributed by atoms with van der Waals surface area (Å²) in [5.41, 5.74) is 0. The van der Waals surface area contributed by atoms with Crippen molar-refractivity contribution in [2.45, 2.75) is 38.1 Å². The Kier molecular flexibility index (Phi) is 4.12. The zero-order valence-electron chi connectivity index (χ0n) is 11.7. The number of hydrogen-bond acceptors (Lipinski definition) is 4. The van der Waals surface area contributed by atoms with Crippen LogP contribution in [0, 0.1) is 5.92 Å². The van der Waals surface area contributed by atoms with E-state index in [4.69, 9.17) is 4.74 Å². The molecule has 3 rings (SSSR count). The van der Waals surface area contributed by atoms with Crippen LogP contribution in [-0.2, 0) is 19.7 Å². The third kappa shape index (κ3) is 2.52. The van der Waals surface area contributed by atoms with Gasteiger partial charge in [0, 0.05) is 38.0 Å². The molecule has 3 fully saturated rings. The molecular weight excluding hydrogens is 280 g/mol. The number of ether oxygens (including phenoxy) is 1. The lowest BCUT2D eigenvalue weighted by Crippen LogP contribution is -2.51. The third-order valence-corrected chi connectivity index (χ3v) is 6.72. The Morgan fingerprint density at radius 1 is 1.05 bits per heavy atom. The predicted molar refractivity (Wildman–Crippen MR) is 73.4 cm³/mol. The molecule has 114 valence electrons. The van der Waals surface area contributed by atoms with E-state index in [1.54, 1.807) is 4.31 Å². The van der Waals surface area contributed by atoms with E-state index < -0.39 is 10.2 Å². The molecule has 0 aromatic rings. The average molecular weight is 302 g/mol. The molecule has 3 aliphatic rings. The molecule has 2 heterocycles. The van der Waals surface area contributed by atoms with Gasteiger partial charge in [-0.15, -0.1) is 0 Å². The minimum Gasteiger partial charge on any atom is -0.379 e. The lowest BCUT2D eigenvalue weighted by atomic mass is 9.96. The summed E-state index contributed by atoms with van der Waals surface area (Å²) in [7, 11) is -3.44. The molecule has 7 heteroatoms. The molecule has 0 aromatic carbocycles. The van der Waals surface area contributed by atoms with Gasteiger partial charge in [0.25, 0.3) is 10.2 Å². The molecule has 0 amide bonds. The van der Waals surface area contributed by atoms with Crippen LogP contribution in [0.3, 0.4) is 0 Å². The monoisotopic (exact) mass is 302 g/mol. The zero-order chi connectivity index (χ0) is 14.2. The number of Topliss-reactive ketones (excluding diaryl/α,β-unsaturated/α-hetero) is 1. The van der Waals surface area contributed by atoms with Crippen LogP contribution in [-0.4, -0.2) is 61.7 Å². The lowest BCUT2D eigenvalue weighted by Gasteiger charge is -2.34. The van der Waals surface area contributed by atoms with E-state index in [1.165, 1.54) is 4.31 Å². The largest absolute Gasteiger partial charge is 0.379 e. The van der Waals surface area contributed by atoms with Crippen LogP contribution in [0.15, 0.2) is 0 Å². The van der Waals surface area contributed by atoms with Crippen LogP contribution in [0.1, 0.15) is 32.1 Å². The summed E-state index contributed by atoms with van der Waals surface area (Å²) in [6.45, 7) is 2.31. The number of hydrogen-bond donors (Lipinski definition) is 0. The number of carbonyl (C=O) groups is 1. The van der Waals surface area contributed by atoms with Crippen LogP contribution >= 0.6 is 0 Å². The number of nitrogens with zero attached hydrogens (tertiary/aromatic N) is 2. The number of carbonyl (C=O) groups excluding carboxylic acids is 1. The number of morpholine rings is 1. The summed E-state index contributed by atoms with van der Waals surface area (Å²) in [6, 6.07) is -0.113. The second kappa shape index (κ2) is 5.71. The van der Waals surface area contributed by atoms with Crippen LogP contribution < -0.4 is 0 Å². The molecule has 0 N–H and O–H groups in total. The molecule has 0 bridgehead atoms. The van der Waals surface area contributed by atoms with Crippen molar-refractivity contribution in [1.82, 2.24) is 8.61 Å². The smallest absolute Gasteiger partial charge is 0.282 e. The maximum atomic E-state index is 12.7. The lowest BCUT2D eigenvalue weighted by molar-refractivity contribution is -0.121. The quantitative estimate of drug-likeness (QED) is 0.757. The van der Waals surface area contributed by atoms with Crippen molar-refractivity contribution in [3.8, 4) is 0 Å². The van der Waals surface area contributed by atoms with E-state index in [1.807, 2.05) is 0 Å². The maximum absolute atomic E-state index is 12.7. The fraction of sp³-hybridized carbons (Fsp3) is 0.923. The summed E-state index contributed by atoms with van der Waals surface area (Å²) < 4.78 is 33.8. The van der Waals surface area contributed by atoms with Gasteiger partial charge in [-0.1, -0.05) is 0 Å². The second-order valence-corrected chi connectivity index (χ2v) is 7.69. The summed E-state index contributed by atoms with van der Waals surface area (Å²) in [5, 5.41) is 0. The number of rotatable bonds is 3. The van der Waals surface area contributed by atoms with Crippen LogP contribution in [0.5, 0.6) is 0 Å². The van der Waals surface area contributed by atoms with Crippen LogP contribution in [0.25, 0.3) is 0 Å². The normalized spacial score (nSPS) is 33.9. The fourth-order valence-electron chi connectivity index (χ4n) is 3.63. The van der Waals surface area contributed by atoms with Gasteiger partial charge in [0.15, 0.2) is 0 Å². The molecule has 6 nitrogen and oxygen atoms in total. The first-order chi connectivity index (χ1) is 9.60. The summed E-state index contributed by atoms with van der Waals surface area (Å²) in [4.78, 5) is 12.0. The Balaban J connectivity index is 1.78. The predicted octanol–water partition coefficient (Wildman–Crippen LogP) is 0.397. The third-order valence-electron chi connectivity index (χ3n) is 4.66. The van der Waals surface area contributed by atoms with Crippen molar-refractivity contribution in [2.24, 2.45) is 5.92 Å². The fourth-order valence-corrected chi connectivity index (χ4v) is 5.49. The van der Waals surface area contributed by atoms with E-state index in [9.17, 15) is 13.2 Å². The molecule has 2 saturated heterocycles. The first kappa shape index (κ1) is 14.4. The highest BCUT2D eigenvalue weighted by Crippen LogP contribution is 2.35. The standard InChI is InChI=1S/C13H22N2O4S/c16-13-5-1-3-11(13)12-4-2-6-15(12)20(17,18)14-7-9-19-10-8-14/h11-12H,1-10H2. The van der Waals surface area contributed by atoms with E-state index in [0.717, 1.165) is 25.7 Å². The van der Waals surface area contributed by atoms with Gasteiger partial charge in [-0.3, -0.25) is 4.79 Å². The molecular formula is C13H22N2O4S. The first-order valence-corrected chi connectivity index (χ1v) is 8.88. The highest BCUT2D eigenvalue weighted by atomic mass is 32.2. The van der Waals surface area contributed by atoms with Gasteiger partial charge in [0.1, 0.15) is 5.78 Å². The number of ketones is 1. The van der Waals surface area contributed by atoms with Gasteiger partial charge in [0.2, 0.25) is 0 Å². The van der Waals surface area contributed by atoms with E-state index in [2.05, 4.69) is 0 Å². The van der Waals surface area contributed by atoms with Crippen molar-refractivity contribution in [3.05, 3.63) is 0 Å². The van der Waals surface area contributed by atoms with Gasteiger partial charge < -0.3 is 4.74 Å². The minimum absolute atomic E-state index is 0.0756. The Bertz CT molecular complexity index is 473. The summed E-state index contributed by atoms with van der Waals surface area (Å²) in [6.07, 6.45) is 4.05. The molecule has 1 saturated carbocycles. The average Bonchev–Trinajstić information content (AvgIpc) is 3.08. The maximum Gasteiger partial charge on any atom is 0.282 e. The first-order valence-electron chi connectivity index (χ1n) is 7.48. The minimum atomic E-state index is -3.44. The van der Waals surface area contributed by atoms with Crippen molar-refractivity contribution in [2.75, 3.05) is 32.8 Å². The molecule has 2 unspecified atom stereocenters. The van der Waals surface area contributed by atoms with Gasteiger partial charge in [-0.2, -0.15) is 17.0 Å². The molecule has 1 aliphatic carbocycles. The van der Waals surface area contributed by atoms with Crippen LogP contribution in [0.4, 0.5) is 0 Å². The Labute approximate surface area is 120 Å². The molecule has 20 heavy (non-hydrogen) atoms. The van der Waals surface area contributed by atoms with E-state index >= 15 is 0 Å². The van der Waals surface area contributed by atoms with Crippen molar-refractivity contribution in [3.63, 3.8) is 0 Å². The summed E-state index contributed by atoms with van der Waals surface area (Å²) >= 11 is 0. The van der Waals surface area contributed by atoms with Gasteiger partial charge >= 0.3 is 0 Å². The topological polar surface area (TPSA) is 66.9 Å². The van der Waals surface area contributed by atoms with Crippen LogP contribution in [0.2, 0.25) is 0 Å². The van der Waals surface area contributed by atoms with Crippen molar-refractivity contribution < 1.29 is 17.9 Å². The second-order valence-electron chi connectivity index (χ2n) is 5.80. The molecule has 0 radical (unpaired) electrons. The van der Waals surface area contributed by atoms with Gasteiger partial charge in [0.05, 0.1) is 13.2 Å². The molecule has 2 atom stereocenters. The van der Waals surface area contributed by atoms with Gasteiger partial charge in [-0.05, 0) is 25.7 Å².